The van der Waals surface area contributed by atoms with Gasteiger partial charge in [-0.05, 0) is 0 Å². The van der Waals surface area contributed by atoms with Gasteiger partial charge in [0.05, 0.1) is 0 Å². The first-order chi connectivity index (χ1) is 1.73. The molecule has 0 spiro atoms. The van der Waals surface area contributed by atoms with E-state index in [1.165, 1.54) is 0 Å². The van der Waals surface area contributed by atoms with Crippen molar-refractivity contribution in [1.29, 1.82) is 0 Å². The van der Waals surface area contributed by atoms with E-state index < -0.39 is 6.73 Å². The van der Waals surface area contributed by atoms with Crippen LogP contribution in [0.2, 0.25) is 0 Å². The minimum Gasteiger partial charge on any atom is -0.153 e. The Bertz CT molecular complexity index is 11.6. The zero-order chi connectivity index (χ0) is 3.58. The van der Waals surface area contributed by atoms with Crippen LogP contribution in [-0.2, 0) is 0 Å². The zero-order valence-electron chi connectivity index (χ0n) is 2.42. The van der Waals surface area contributed by atoms with Crippen molar-refractivity contribution in [3.63, 3.8) is 0 Å². The SMILES string of the molecule is Cl[SiH](Cl)Cl.P. The van der Waals surface area contributed by atoms with Crippen LogP contribution in [0.4, 0.5) is 0 Å². The molecule has 0 radical (unpaired) electrons. The summed E-state index contributed by atoms with van der Waals surface area (Å²) in [6.45, 7) is -1.72. The number of rotatable bonds is 0. The normalized spacial score (nSPS) is 7.20. The lowest BCUT2D eigenvalue weighted by Gasteiger charge is -1.65. The molecule has 0 nitrogen and oxygen atoms in total. The van der Waals surface area contributed by atoms with Crippen molar-refractivity contribution in [2.45, 2.75) is 0 Å². The van der Waals surface area contributed by atoms with E-state index in [1.54, 1.807) is 0 Å². The third-order valence-corrected chi connectivity index (χ3v) is 0. The summed E-state index contributed by atoms with van der Waals surface area (Å²) in [6.07, 6.45) is 0. The fourth-order valence-electron chi connectivity index (χ4n) is 0. The Morgan fingerprint density at radius 2 is 1.00 bits per heavy atom. The highest BCUT2D eigenvalue weighted by atomic mass is 35.8. The average Bonchev–Trinajstić information content (AvgIpc) is 0.811. The predicted molar refractivity (Wildman–Crippen MR) is 35.8 cm³/mol. The van der Waals surface area contributed by atoms with Gasteiger partial charge in [0.2, 0.25) is 0 Å². The van der Waals surface area contributed by atoms with Gasteiger partial charge in [-0.15, -0.1) is 33.2 Å². The molecular formula is H4Cl3PSi. The maximum absolute atomic E-state index is 4.94. The van der Waals surface area contributed by atoms with E-state index in [9.17, 15) is 0 Å². The van der Waals surface area contributed by atoms with E-state index in [0.29, 0.717) is 0 Å². The minimum absolute atomic E-state index is 0. The predicted octanol–water partition coefficient (Wildman–Crippen LogP) is 1.48. The lowest BCUT2D eigenvalue weighted by Crippen LogP contribution is -1.66. The molecule has 0 aromatic carbocycles. The van der Waals surface area contributed by atoms with E-state index in [0.717, 1.165) is 0 Å². The molecule has 0 rings (SSSR count). The van der Waals surface area contributed by atoms with Crippen LogP contribution in [0, 0.1) is 0 Å². The standard InChI is InChI=1S/Cl3HSi.H3P/c1-4(2)3;/h4H;1H3. The van der Waals surface area contributed by atoms with Crippen LogP contribution >= 0.6 is 43.1 Å². The number of hydrogen-bond acceptors (Lipinski definition) is 0. The van der Waals surface area contributed by atoms with E-state index in [2.05, 4.69) is 0 Å². The van der Waals surface area contributed by atoms with Gasteiger partial charge >= 0.3 is 6.73 Å². The largest absolute Gasteiger partial charge is 0.326 e. The molecule has 0 bridgehead atoms. The molecule has 0 aromatic heterocycles. The van der Waals surface area contributed by atoms with Gasteiger partial charge in [0.25, 0.3) is 0 Å². The molecule has 34 valence electrons. The quantitative estimate of drug-likeness (QED) is 0.293. The fourth-order valence-corrected chi connectivity index (χ4v) is 0. The van der Waals surface area contributed by atoms with E-state index in [1.807, 2.05) is 0 Å². The highest BCUT2D eigenvalue weighted by Gasteiger charge is 1.85. The highest BCUT2D eigenvalue weighted by Crippen LogP contribution is 1.97. The summed E-state index contributed by atoms with van der Waals surface area (Å²) < 4.78 is 0. The smallest absolute Gasteiger partial charge is 0.153 e. The molecule has 5 heavy (non-hydrogen) atoms. The van der Waals surface area contributed by atoms with Gasteiger partial charge in [0.1, 0.15) is 0 Å². The highest BCUT2D eigenvalue weighted by molar-refractivity contribution is 7.54. The van der Waals surface area contributed by atoms with Gasteiger partial charge in [-0.25, -0.2) is 0 Å². The first-order valence-corrected chi connectivity index (χ1v) is 5.89. The van der Waals surface area contributed by atoms with Gasteiger partial charge in [-0.3, -0.25) is 0 Å². The van der Waals surface area contributed by atoms with Gasteiger partial charge in [0.15, 0.2) is 0 Å². The van der Waals surface area contributed by atoms with Gasteiger partial charge in [-0.2, -0.15) is 9.90 Å². The topological polar surface area (TPSA) is 0 Å². The Kier molecular flexibility index (Phi) is 10.7. The second-order valence-corrected chi connectivity index (χ2v) is 6.68. The third kappa shape index (κ3) is 29.7. The molecule has 5 heteroatoms. The van der Waals surface area contributed by atoms with Gasteiger partial charge in [0, 0.05) is 0 Å². The van der Waals surface area contributed by atoms with Crippen LogP contribution in [0.1, 0.15) is 0 Å². The summed E-state index contributed by atoms with van der Waals surface area (Å²) in [4.78, 5) is 0. The molecule has 0 aromatic rings. The Labute approximate surface area is 50.1 Å². The molecule has 0 aliphatic heterocycles. The molecule has 1 unspecified atom stereocenters. The van der Waals surface area contributed by atoms with Crippen molar-refractivity contribution in [3.8, 4) is 0 Å². The first-order valence-electron chi connectivity index (χ1n) is 0.655. The van der Waals surface area contributed by atoms with Crippen molar-refractivity contribution in [3.05, 3.63) is 0 Å². The Morgan fingerprint density at radius 3 is 1.00 bits per heavy atom. The summed E-state index contributed by atoms with van der Waals surface area (Å²) in [5.41, 5.74) is 0. The summed E-state index contributed by atoms with van der Waals surface area (Å²) in [6, 6.07) is 0. The van der Waals surface area contributed by atoms with Crippen LogP contribution in [-0.4, -0.2) is 6.73 Å². The molecule has 0 fully saturated rings. The van der Waals surface area contributed by atoms with Crippen LogP contribution in [0.3, 0.4) is 0 Å². The van der Waals surface area contributed by atoms with Crippen LogP contribution in [0.5, 0.6) is 0 Å². The van der Waals surface area contributed by atoms with Gasteiger partial charge in [-0.1, -0.05) is 0 Å². The van der Waals surface area contributed by atoms with Crippen molar-refractivity contribution >= 4 is 49.9 Å². The van der Waals surface area contributed by atoms with Crippen molar-refractivity contribution in [2.24, 2.45) is 0 Å². The molecule has 1 atom stereocenters. The molecule has 0 aliphatic rings. The summed E-state index contributed by atoms with van der Waals surface area (Å²) in [5, 5.41) is 0. The lowest BCUT2D eigenvalue weighted by atomic mass is 27.7. The van der Waals surface area contributed by atoms with E-state index >= 15 is 0 Å². The summed E-state index contributed by atoms with van der Waals surface area (Å²) in [7, 11) is 0. The number of hydrogen-bond donors (Lipinski definition) is 0. The van der Waals surface area contributed by atoms with Crippen molar-refractivity contribution in [2.75, 3.05) is 0 Å². The van der Waals surface area contributed by atoms with E-state index in [4.69, 9.17) is 33.2 Å². The maximum atomic E-state index is 4.94. The van der Waals surface area contributed by atoms with Gasteiger partial charge < -0.3 is 0 Å². The Balaban J connectivity index is 0. The molecule has 0 saturated heterocycles. The summed E-state index contributed by atoms with van der Waals surface area (Å²) >= 11 is 14.8. The van der Waals surface area contributed by atoms with Crippen LogP contribution in [0.15, 0.2) is 0 Å². The Hall–Kier alpha value is 1.52. The van der Waals surface area contributed by atoms with Crippen LogP contribution in [0.25, 0.3) is 0 Å². The van der Waals surface area contributed by atoms with E-state index in [-0.39, 0.29) is 9.90 Å². The van der Waals surface area contributed by atoms with Crippen molar-refractivity contribution < 1.29 is 0 Å². The molecule has 0 heterocycles. The molecule has 0 N–H and O–H groups in total. The minimum atomic E-state index is -1.72. The third-order valence-electron chi connectivity index (χ3n) is 0. The zero-order valence-corrected chi connectivity index (χ0v) is 7.26. The number of halogens is 3. The first kappa shape index (κ1) is 9.72. The second-order valence-electron chi connectivity index (χ2n) is 0.247. The molecular weight excluding hydrogens is 165 g/mol. The second kappa shape index (κ2) is 5.52. The molecule has 0 amide bonds. The molecule has 0 aliphatic carbocycles. The maximum Gasteiger partial charge on any atom is 0.326 e. The average molecular weight is 169 g/mol. The van der Waals surface area contributed by atoms with Crippen LogP contribution < -0.4 is 0 Å². The van der Waals surface area contributed by atoms with Crippen molar-refractivity contribution in [1.82, 2.24) is 0 Å². The Morgan fingerprint density at radius 1 is 1.00 bits per heavy atom. The summed E-state index contributed by atoms with van der Waals surface area (Å²) in [5.74, 6) is 0. The lowest BCUT2D eigenvalue weighted by molar-refractivity contribution is 4.07. The monoisotopic (exact) mass is 168 g/mol. The molecule has 0 saturated carbocycles. The fraction of sp³-hybridized carbons (Fsp3) is 0.